The van der Waals surface area contributed by atoms with Crippen LogP contribution in [0.2, 0.25) is 5.02 Å². The van der Waals surface area contributed by atoms with Crippen molar-refractivity contribution in [2.24, 2.45) is 5.73 Å². The second kappa shape index (κ2) is 7.53. The summed E-state index contributed by atoms with van der Waals surface area (Å²) >= 11 is 9.36. The summed E-state index contributed by atoms with van der Waals surface area (Å²) in [5.74, 6) is -0.213. The fraction of sp³-hybridized carbons (Fsp3) is 0.308. The number of carbonyl (C=O) groups is 1. The van der Waals surface area contributed by atoms with E-state index in [0.717, 1.165) is 23.0 Å². The smallest absolute Gasteiger partial charge is 0.246 e. The van der Waals surface area contributed by atoms with E-state index in [0.29, 0.717) is 17.3 Å². The molecule has 0 radical (unpaired) electrons. The van der Waals surface area contributed by atoms with Crippen LogP contribution in [0.1, 0.15) is 12.1 Å². The average Bonchev–Trinajstić information content (AvgIpc) is 2.87. The molecule has 1 amide bonds. The van der Waals surface area contributed by atoms with Crippen molar-refractivity contribution in [3.8, 4) is 0 Å². The summed E-state index contributed by atoms with van der Waals surface area (Å²) in [5, 5.41) is 11.1. The summed E-state index contributed by atoms with van der Waals surface area (Å²) in [5.41, 5.74) is 6.83. The van der Waals surface area contributed by atoms with Gasteiger partial charge in [0.2, 0.25) is 5.91 Å². The molecule has 21 heavy (non-hydrogen) atoms. The van der Waals surface area contributed by atoms with Crippen LogP contribution in [-0.2, 0) is 17.8 Å². The maximum atomic E-state index is 12.0. The Kier molecular flexibility index (Phi) is 5.72. The molecule has 2 aromatic rings. The number of carbonyl (C=O) groups excluding carboxylic acids is 1. The molecule has 112 valence electrons. The highest BCUT2D eigenvalue weighted by Gasteiger charge is 2.09. The van der Waals surface area contributed by atoms with Crippen LogP contribution in [0.15, 0.2) is 28.9 Å². The number of nitrogens with two attached hydrogens (primary N) is 1. The molecule has 0 fully saturated rings. The Morgan fingerprint density at radius 1 is 1.48 bits per heavy atom. The first-order valence-electron chi connectivity index (χ1n) is 6.42. The Balaban J connectivity index is 1.93. The van der Waals surface area contributed by atoms with Gasteiger partial charge in [0, 0.05) is 10.7 Å². The molecule has 2 rings (SSSR count). The van der Waals surface area contributed by atoms with Gasteiger partial charge in [-0.1, -0.05) is 32.7 Å². The monoisotopic (exact) mass is 371 g/mol. The lowest BCUT2D eigenvalue weighted by atomic mass is 10.2. The minimum Gasteiger partial charge on any atom is -0.330 e. The molecule has 0 aliphatic rings. The van der Waals surface area contributed by atoms with Crippen molar-refractivity contribution in [2.45, 2.75) is 19.4 Å². The van der Waals surface area contributed by atoms with E-state index in [2.05, 4.69) is 31.6 Å². The van der Waals surface area contributed by atoms with Crippen LogP contribution in [0.25, 0.3) is 0 Å². The lowest BCUT2D eigenvalue weighted by molar-refractivity contribution is -0.116. The van der Waals surface area contributed by atoms with Crippen LogP contribution >= 0.6 is 27.5 Å². The van der Waals surface area contributed by atoms with Gasteiger partial charge in [-0.3, -0.25) is 4.79 Å². The molecule has 1 heterocycles. The van der Waals surface area contributed by atoms with E-state index in [9.17, 15) is 4.79 Å². The standard InChI is InChI=1S/C13H15BrClN5O/c14-9-3-4-12(11(15)6-9)17-13(21)8-20-7-10(18-19-20)2-1-5-16/h3-4,6-7H,1-2,5,8,16H2,(H,17,21). The van der Waals surface area contributed by atoms with Crippen molar-refractivity contribution in [1.82, 2.24) is 15.0 Å². The lowest BCUT2D eigenvalue weighted by Crippen LogP contribution is -2.19. The zero-order valence-corrected chi connectivity index (χ0v) is 13.6. The van der Waals surface area contributed by atoms with E-state index in [-0.39, 0.29) is 12.5 Å². The maximum Gasteiger partial charge on any atom is 0.246 e. The van der Waals surface area contributed by atoms with E-state index < -0.39 is 0 Å². The van der Waals surface area contributed by atoms with Gasteiger partial charge in [0.1, 0.15) is 6.54 Å². The van der Waals surface area contributed by atoms with Crippen LogP contribution in [0, 0.1) is 0 Å². The number of anilines is 1. The molecule has 0 atom stereocenters. The number of nitrogens with one attached hydrogen (secondary N) is 1. The number of halogens is 2. The number of rotatable bonds is 6. The van der Waals surface area contributed by atoms with Gasteiger partial charge in [0.05, 0.1) is 16.4 Å². The first-order valence-corrected chi connectivity index (χ1v) is 7.59. The van der Waals surface area contributed by atoms with Gasteiger partial charge in [-0.15, -0.1) is 5.10 Å². The van der Waals surface area contributed by atoms with Gasteiger partial charge in [-0.05, 0) is 37.6 Å². The van der Waals surface area contributed by atoms with Gasteiger partial charge in [-0.2, -0.15) is 0 Å². The third-order valence-corrected chi connectivity index (χ3v) is 3.54. The number of nitrogens with zero attached hydrogens (tertiary/aromatic N) is 3. The molecule has 6 nitrogen and oxygen atoms in total. The molecule has 3 N–H and O–H groups in total. The Morgan fingerprint density at radius 3 is 3.00 bits per heavy atom. The fourth-order valence-electron chi connectivity index (χ4n) is 1.74. The van der Waals surface area contributed by atoms with Crippen LogP contribution < -0.4 is 11.1 Å². The Bertz CT molecular complexity index is 631. The third-order valence-electron chi connectivity index (χ3n) is 2.73. The van der Waals surface area contributed by atoms with Gasteiger partial charge < -0.3 is 11.1 Å². The van der Waals surface area contributed by atoms with Gasteiger partial charge in [0.15, 0.2) is 0 Å². The van der Waals surface area contributed by atoms with Crippen molar-refractivity contribution >= 4 is 39.1 Å². The van der Waals surface area contributed by atoms with Crippen molar-refractivity contribution in [3.63, 3.8) is 0 Å². The SMILES string of the molecule is NCCCc1cn(CC(=O)Nc2ccc(Br)cc2Cl)nn1. The summed E-state index contributed by atoms with van der Waals surface area (Å²) in [4.78, 5) is 12.0. The molecule has 0 unspecified atom stereocenters. The Labute approximate surface area is 135 Å². The Hall–Kier alpha value is -1.44. The van der Waals surface area contributed by atoms with Crippen LogP contribution in [0.5, 0.6) is 0 Å². The van der Waals surface area contributed by atoms with E-state index in [4.69, 9.17) is 17.3 Å². The molecule has 8 heteroatoms. The number of benzene rings is 1. The Morgan fingerprint density at radius 2 is 2.29 bits per heavy atom. The molecule has 0 aliphatic carbocycles. The first-order chi connectivity index (χ1) is 10.1. The summed E-state index contributed by atoms with van der Waals surface area (Å²) in [7, 11) is 0. The molecule has 0 saturated carbocycles. The van der Waals surface area contributed by atoms with Gasteiger partial charge in [-0.25, -0.2) is 4.68 Å². The second-order valence-corrected chi connectivity index (χ2v) is 5.79. The summed E-state index contributed by atoms with van der Waals surface area (Å²) in [6.45, 7) is 0.692. The molecule has 1 aromatic carbocycles. The fourth-order valence-corrected chi connectivity index (χ4v) is 2.46. The predicted octanol–water partition coefficient (Wildman–Crippen LogP) is 2.22. The molecule has 0 bridgehead atoms. The van der Waals surface area contributed by atoms with Crippen molar-refractivity contribution in [3.05, 3.63) is 39.6 Å². The van der Waals surface area contributed by atoms with Gasteiger partial charge >= 0.3 is 0 Å². The quantitative estimate of drug-likeness (QED) is 0.814. The second-order valence-electron chi connectivity index (χ2n) is 4.47. The molecule has 0 aliphatic heterocycles. The molecule has 1 aromatic heterocycles. The van der Waals surface area contributed by atoms with Crippen molar-refractivity contribution in [2.75, 3.05) is 11.9 Å². The molecular weight excluding hydrogens is 358 g/mol. The first kappa shape index (κ1) is 15.9. The zero-order chi connectivity index (χ0) is 15.2. The van der Waals surface area contributed by atoms with Crippen LogP contribution in [-0.4, -0.2) is 27.4 Å². The maximum absolute atomic E-state index is 12.0. The van der Waals surface area contributed by atoms with E-state index >= 15 is 0 Å². The minimum absolute atomic E-state index is 0.0853. The van der Waals surface area contributed by atoms with Crippen molar-refractivity contribution < 1.29 is 4.79 Å². The summed E-state index contributed by atoms with van der Waals surface area (Å²) in [6.07, 6.45) is 3.36. The molecule has 0 spiro atoms. The van der Waals surface area contributed by atoms with Crippen LogP contribution in [0.4, 0.5) is 5.69 Å². The largest absolute Gasteiger partial charge is 0.330 e. The number of hydrogen-bond acceptors (Lipinski definition) is 4. The highest BCUT2D eigenvalue weighted by atomic mass is 79.9. The molecule has 0 saturated heterocycles. The van der Waals surface area contributed by atoms with E-state index in [1.165, 1.54) is 4.68 Å². The minimum atomic E-state index is -0.213. The van der Waals surface area contributed by atoms with Gasteiger partial charge in [0.25, 0.3) is 0 Å². The predicted molar refractivity (Wildman–Crippen MR) is 85.2 cm³/mol. The lowest BCUT2D eigenvalue weighted by Gasteiger charge is -2.07. The highest BCUT2D eigenvalue weighted by Crippen LogP contribution is 2.25. The normalized spacial score (nSPS) is 10.6. The average molecular weight is 373 g/mol. The highest BCUT2D eigenvalue weighted by molar-refractivity contribution is 9.10. The summed E-state index contributed by atoms with van der Waals surface area (Å²) in [6, 6.07) is 5.26. The zero-order valence-electron chi connectivity index (χ0n) is 11.2. The molecular formula is C13H15BrClN5O. The summed E-state index contributed by atoms with van der Waals surface area (Å²) < 4.78 is 2.35. The number of amides is 1. The van der Waals surface area contributed by atoms with Crippen LogP contribution in [0.3, 0.4) is 0 Å². The number of aryl methyl sites for hydroxylation is 1. The van der Waals surface area contributed by atoms with E-state index in [1.54, 1.807) is 18.3 Å². The third kappa shape index (κ3) is 4.80. The topological polar surface area (TPSA) is 85.8 Å². The van der Waals surface area contributed by atoms with E-state index in [1.807, 2.05) is 6.07 Å². The number of aromatic nitrogens is 3. The van der Waals surface area contributed by atoms with Crippen molar-refractivity contribution in [1.29, 1.82) is 0 Å². The number of hydrogen-bond donors (Lipinski definition) is 2.